The highest BCUT2D eigenvalue weighted by atomic mass is 32.2. The zero-order chi connectivity index (χ0) is 32.0. The number of aliphatic imine (C=N–C) groups is 1. The predicted molar refractivity (Wildman–Crippen MR) is 171 cm³/mol. The number of aliphatic hydroxyl groups is 1. The summed E-state index contributed by atoms with van der Waals surface area (Å²) in [6.07, 6.45) is 1.77. The highest BCUT2D eigenvalue weighted by Crippen LogP contribution is 2.41. The lowest BCUT2D eigenvalue weighted by atomic mass is 10.1. The van der Waals surface area contributed by atoms with Gasteiger partial charge in [0.2, 0.25) is 11.8 Å². The van der Waals surface area contributed by atoms with Crippen LogP contribution in [0.3, 0.4) is 0 Å². The SMILES string of the molecule is O=C(Nc1ccc(C2SC(=Nc3cccnc3)N(Cc3cccc(F)c3)C2=O)cc1)[C@H]1C[C@H](O)CN1C(=O)OCc1ccccc1. The van der Waals surface area contributed by atoms with Gasteiger partial charge in [-0.1, -0.05) is 66.4 Å². The largest absolute Gasteiger partial charge is 0.445 e. The molecule has 2 N–H and O–H groups in total. The molecule has 0 spiro atoms. The number of pyridine rings is 1. The number of amidine groups is 1. The number of hydrogen-bond donors (Lipinski definition) is 2. The van der Waals surface area contributed by atoms with Crippen LogP contribution in [0.1, 0.15) is 28.4 Å². The third-order valence-electron chi connectivity index (χ3n) is 7.55. The quantitative estimate of drug-likeness (QED) is 0.263. The number of amides is 3. The second kappa shape index (κ2) is 13.9. The number of halogens is 1. The number of ether oxygens (including phenoxy) is 1. The Morgan fingerprint density at radius 2 is 1.80 bits per heavy atom. The number of likely N-dealkylation sites (tertiary alicyclic amines) is 1. The first-order chi connectivity index (χ1) is 22.3. The molecule has 6 rings (SSSR count). The molecule has 0 bridgehead atoms. The van der Waals surface area contributed by atoms with Crippen molar-refractivity contribution in [1.82, 2.24) is 14.8 Å². The maximum atomic E-state index is 13.9. The molecule has 10 nitrogen and oxygen atoms in total. The zero-order valence-electron chi connectivity index (χ0n) is 24.5. The van der Waals surface area contributed by atoms with Crippen molar-refractivity contribution in [2.45, 2.75) is 37.0 Å². The number of benzene rings is 3. The van der Waals surface area contributed by atoms with Crippen molar-refractivity contribution in [3.63, 3.8) is 0 Å². The van der Waals surface area contributed by atoms with Crippen LogP contribution in [0, 0.1) is 5.82 Å². The lowest BCUT2D eigenvalue weighted by Crippen LogP contribution is -2.43. The van der Waals surface area contributed by atoms with Crippen molar-refractivity contribution < 1.29 is 28.6 Å². The molecule has 3 aromatic carbocycles. The zero-order valence-corrected chi connectivity index (χ0v) is 25.3. The predicted octanol–water partition coefficient (Wildman–Crippen LogP) is 5.44. The highest BCUT2D eigenvalue weighted by molar-refractivity contribution is 8.15. The Balaban J connectivity index is 1.14. The molecular formula is C34H30FN5O5S. The summed E-state index contributed by atoms with van der Waals surface area (Å²) in [6, 6.07) is 24.7. The molecule has 2 aliphatic heterocycles. The summed E-state index contributed by atoms with van der Waals surface area (Å²) in [5.74, 6) is -1.06. The highest BCUT2D eigenvalue weighted by Gasteiger charge is 2.41. The number of nitrogens with one attached hydrogen (secondary N) is 1. The van der Waals surface area contributed by atoms with Crippen LogP contribution in [-0.4, -0.2) is 61.7 Å². The molecule has 234 valence electrons. The molecule has 2 saturated heterocycles. The van der Waals surface area contributed by atoms with Gasteiger partial charge in [-0.15, -0.1) is 0 Å². The number of hydrogen-bond acceptors (Lipinski definition) is 8. The first kappa shape index (κ1) is 30.9. The van der Waals surface area contributed by atoms with Crippen LogP contribution in [0.4, 0.5) is 20.6 Å². The van der Waals surface area contributed by atoms with E-state index in [1.807, 2.05) is 30.3 Å². The van der Waals surface area contributed by atoms with Crippen LogP contribution in [-0.2, 0) is 27.5 Å². The van der Waals surface area contributed by atoms with E-state index in [-0.39, 0.29) is 32.0 Å². The Hall–Kier alpha value is -5.07. The number of carbonyl (C=O) groups is 3. The van der Waals surface area contributed by atoms with Gasteiger partial charge in [0.15, 0.2) is 5.17 Å². The Labute approximate surface area is 268 Å². The average molecular weight is 640 g/mol. The van der Waals surface area contributed by atoms with E-state index in [0.717, 1.165) is 5.56 Å². The van der Waals surface area contributed by atoms with Gasteiger partial charge < -0.3 is 15.2 Å². The fraction of sp³-hybridized carbons (Fsp3) is 0.206. The number of anilines is 1. The second-order valence-electron chi connectivity index (χ2n) is 10.9. The van der Waals surface area contributed by atoms with Gasteiger partial charge in [0.05, 0.1) is 31.1 Å². The van der Waals surface area contributed by atoms with Crippen LogP contribution in [0.5, 0.6) is 0 Å². The number of aromatic nitrogens is 1. The minimum atomic E-state index is -0.910. The molecule has 0 radical (unpaired) electrons. The van der Waals surface area contributed by atoms with Gasteiger partial charge >= 0.3 is 6.09 Å². The summed E-state index contributed by atoms with van der Waals surface area (Å²) in [4.78, 5) is 51.2. The number of carbonyl (C=O) groups excluding carboxylic acids is 3. The number of β-amino-alcohol motifs (C(OH)–C–C–N with tert-alkyl or cyclic N) is 1. The van der Waals surface area contributed by atoms with Crippen molar-refractivity contribution in [3.05, 3.63) is 126 Å². The Kier molecular flexibility index (Phi) is 9.36. The first-order valence-electron chi connectivity index (χ1n) is 14.6. The van der Waals surface area contributed by atoms with Crippen molar-refractivity contribution in [3.8, 4) is 0 Å². The molecule has 0 saturated carbocycles. The van der Waals surface area contributed by atoms with Gasteiger partial charge in [-0.2, -0.15) is 0 Å². The summed E-state index contributed by atoms with van der Waals surface area (Å²) < 4.78 is 19.3. The van der Waals surface area contributed by atoms with Crippen molar-refractivity contribution >= 4 is 46.2 Å². The van der Waals surface area contributed by atoms with E-state index in [1.165, 1.54) is 33.7 Å². The molecule has 0 aliphatic carbocycles. The lowest BCUT2D eigenvalue weighted by Gasteiger charge is -2.23. The van der Waals surface area contributed by atoms with Crippen molar-refractivity contribution in [2.75, 3.05) is 11.9 Å². The standard InChI is InChI=1S/C34H30FN5O5S/c35-25-9-4-8-23(16-25)19-40-32(43)30(46-33(40)38-27-10-5-15-36-18-27)24-11-13-26(14-12-24)37-31(42)29-17-28(41)20-39(29)34(44)45-21-22-6-2-1-3-7-22/h1-16,18,28-30,41H,17,19-21H2,(H,37,42)/t28-,29+,30?/m0/s1. The van der Waals surface area contributed by atoms with Crippen LogP contribution in [0.15, 0.2) is 108 Å². The molecule has 4 aromatic rings. The monoisotopic (exact) mass is 639 g/mol. The summed E-state index contributed by atoms with van der Waals surface area (Å²) >= 11 is 1.28. The Morgan fingerprint density at radius 1 is 1.02 bits per heavy atom. The first-order valence-corrected chi connectivity index (χ1v) is 15.5. The van der Waals surface area contributed by atoms with Gasteiger partial charge in [0.25, 0.3) is 0 Å². The van der Waals surface area contributed by atoms with Crippen LogP contribution in [0.25, 0.3) is 0 Å². The average Bonchev–Trinajstić information content (AvgIpc) is 3.61. The summed E-state index contributed by atoms with van der Waals surface area (Å²) in [5.41, 5.74) is 3.17. The van der Waals surface area contributed by atoms with Gasteiger partial charge in [-0.25, -0.2) is 14.2 Å². The Morgan fingerprint density at radius 3 is 2.54 bits per heavy atom. The number of thioether (sulfide) groups is 1. The molecule has 12 heteroatoms. The fourth-order valence-electron chi connectivity index (χ4n) is 5.28. The molecule has 2 fully saturated rings. The van der Waals surface area contributed by atoms with Gasteiger partial charge in [0, 0.05) is 18.3 Å². The molecule has 1 unspecified atom stereocenters. The molecule has 46 heavy (non-hydrogen) atoms. The van der Waals surface area contributed by atoms with E-state index in [2.05, 4.69) is 15.3 Å². The van der Waals surface area contributed by atoms with Gasteiger partial charge in [-0.05, 0) is 53.1 Å². The maximum absolute atomic E-state index is 13.9. The molecule has 1 aromatic heterocycles. The van der Waals surface area contributed by atoms with E-state index in [0.29, 0.717) is 27.7 Å². The Bertz CT molecular complexity index is 1740. The van der Waals surface area contributed by atoms with Gasteiger partial charge in [-0.3, -0.25) is 24.4 Å². The molecular weight excluding hydrogens is 609 g/mol. The van der Waals surface area contributed by atoms with E-state index in [4.69, 9.17) is 4.74 Å². The van der Waals surface area contributed by atoms with E-state index < -0.39 is 35.2 Å². The fourth-order valence-corrected chi connectivity index (χ4v) is 6.45. The summed E-state index contributed by atoms with van der Waals surface area (Å²) in [7, 11) is 0. The number of rotatable bonds is 8. The minimum absolute atomic E-state index is 0.0132. The van der Waals surface area contributed by atoms with Gasteiger partial charge in [0.1, 0.15) is 23.7 Å². The molecule has 3 atom stereocenters. The number of nitrogens with zero attached hydrogens (tertiary/aromatic N) is 4. The molecule has 3 heterocycles. The third kappa shape index (κ3) is 7.24. The van der Waals surface area contributed by atoms with Crippen molar-refractivity contribution in [1.29, 1.82) is 0 Å². The second-order valence-corrected chi connectivity index (χ2v) is 11.9. The summed E-state index contributed by atoms with van der Waals surface area (Å²) in [6.45, 7) is 0.180. The number of aliphatic hydroxyl groups excluding tert-OH is 1. The molecule has 2 aliphatic rings. The summed E-state index contributed by atoms with van der Waals surface area (Å²) in [5, 5.41) is 12.9. The van der Waals surface area contributed by atoms with E-state index in [9.17, 15) is 23.9 Å². The molecule has 3 amide bonds. The van der Waals surface area contributed by atoms with Crippen LogP contribution >= 0.6 is 11.8 Å². The van der Waals surface area contributed by atoms with E-state index >= 15 is 0 Å². The van der Waals surface area contributed by atoms with E-state index in [1.54, 1.807) is 60.9 Å². The van der Waals surface area contributed by atoms with Crippen LogP contribution in [0.2, 0.25) is 0 Å². The minimum Gasteiger partial charge on any atom is -0.445 e. The lowest BCUT2D eigenvalue weighted by molar-refractivity contribution is -0.126. The topological polar surface area (TPSA) is 124 Å². The third-order valence-corrected chi connectivity index (χ3v) is 8.78. The van der Waals surface area contributed by atoms with Crippen molar-refractivity contribution in [2.24, 2.45) is 4.99 Å². The smallest absolute Gasteiger partial charge is 0.410 e. The van der Waals surface area contributed by atoms with Crippen LogP contribution < -0.4 is 5.32 Å². The normalized spacial score (nSPS) is 20.3. The maximum Gasteiger partial charge on any atom is 0.410 e.